The third-order valence-corrected chi connectivity index (χ3v) is 6.97. The smallest absolute Gasteiger partial charge is 0.222 e. The second kappa shape index (κ2) is 10.5. The number of methoxy groups -OCH3 is 1. The number of piperidine rings is 1. The number of ether oxygens (including phenoxy) is 2. The van der Waals surface area contributed by atoms with E-state index in [1.807, 2.05) is 53.4 Å². The lowest BCUT2D eigenvalue weighted by molar-refractivity contribution is -0.133. The van der Waals surface area contributed by atoms with Crippen molar-refractivity contribution in [3.63, 3.8) is 0 Å². The van der Waals surface area contributed by atoms with Crippen molar-refractivity contribution in [1.29, 1.82) is 0 Å². The zero-order valence-electron chi connectivity index (χ0n) is 19.0. The van der Waals surface area contributed by atoms with Crippen molar-refractivity contribution in [2.45, 2.75) is 56.6 Å². The number of benzene rings is 2. The molecule has 1 unspecified atom stereocenters. The Morgan fingerprint density at radius 1 is 1.18 bits per heavy atom. The Balaban J connectivity index is 1.31. The van der Waals surface area contributed by atoms with Gasteiger partial charge in [0.1, 0.15) is 17.6 Å². The van der Waals surface area contributed by atoms with Gasteiger partial charge < -0.3 is 19.7 Å². The van der Waals surface area contributed by atoms with Crippen molar-refractivity contribution >= 4 is 23.4 Å². The van der Waals surface area contributed by atoms with Gasteiger partial charge in [0.05, 0.1) is 12.1 Å². The second-order valence-electron chi connectivity index (χ2n) is 8.99. The molecule has 4 rings (SSSR count). The summed E-state index contributed by atoms with van der Waals surface area (Å²) >= 11 is 6.20. The Morgan fingerprint density at radius 2 is 1.97 bits per heavy atom. The number of nitrogens with one attached hydrogen (secondary N) is 1. The first-order valence-corrected chi connectivity index (χ1v) is 12.0. The van der Waals surface area contributed by atoms with Crippen molar-refractivity contribution in [2.24, 2.45) is 0 Å². The summed E-state index contributed by atoms with van der Waals surface area (Å²) in [7, 11) is 1.65. The first-order valence-electron chi connectivity index (χ1n) is 11.6. The Bertz CT molecular complexity index is 990. The Labute approximate surface area is 200 Å². The molecule has 2 amide bonds. The van der Waals surface area contributed by atoms with Gasteiger partial charge >= 0.3 is 0 Å². The predicted molar refractivity (Wildman–Crippen MR) is 128 cm³/mol. The number of rotatable bonds is 8. The molecule has 6 nitrogen and oxygen atoms in total. The van der Waals surface area contributed by atoms with Crippen LogP contribution in [-0.2, 0) is 16.0 Å². The molecule has 0 aliphatic carbocycles. The molecule has 0 radical (unpaired) electrons. The van der Waals surface area contributed by atoms with Crippen LogP contribution < -0.4 is 14.8 Å². The van der Waals surface area contributed by atoms with Crippen molar-refractivity contribution < 1.29 is 19.1 Å². The summed E-state index contributed by atoms with van der Waals surface area (Å²) in [5, 5.41) is 3.78. The Morgan fingerprint density at radius 3 is 2.67 bits per heavy atom. The molecule has 0 saturated carbocycles. The first kappa shape index (κ1) is 23.4. The van der Waals surface area contributed by atoms with Crippen LogP contribution in [0.1, 0.15) is 44.1 Å². The summed E-state index contributed by atoms with van der Waals surface area (Å²) in [6, 6.07) is 15.4. The summed E-state index contributed by atoms with van der Waals surface area (Å²) in [4.78, 5) is 27.0. The van der Waals surface area contributed by atoms with Crippen LogP contribution in [-0.4, -0.2) is 48.6 Å². The zero-order valence-corrected chi connectivity index (χ0v) is 19.8. The maximum Gasteiger partial charge on any atom is 0.222 e. The molecule has 2 aromatic rings. The fourth-order valence-electron chi connectivity index (χ4n) is 4.80. The van der Waals surface area contributed by atoms with E-state index in [2.05, 4.69) is 5.32 Å². The third kappa shape index (κ3) is 5.99. The highest BCUT2D eigenvalue weighted by Gasteiger charge is 2.38. The van der Waals surface area contributed by atoms with E-state index in [9.17, 15) is 9.59 Å². The van der Waals surface area contributed by atoms with Crippen molar-refractivity contribution in [3.8, 4) is 11.5 Å². The lowest BCUT2D eigenvalue weighted by Crippen LogP contribution is -2.46. The van der Waals surface area contributed by atoms with Gasteiger partial charge in [0, 0.05) is 44.3 Å². The maximum absolute atomic E-state index is 13.0. The van der Waals surface area contributed by atoms with E-state index in [1.165, 1.54) is 0 Å². The van der Waals surface area contributed by atoms with E-state index in [-0.39, 0.29) is 23.5 Å². The molecule has 0 bridgehead atoms. The van der Waals surface area contributed by atoms with E-state index in [0.717, 1.165) is 30.6 Å². The number of carbonyl (C=O) groups is 2. The molecule has 1 atom stereocenters. The SMILES string of the molecule is COc1cccc(CC2(CCC(=O)N3CCC(Oc4ccccc4Cl)CC3)CCC(=O)N2)c1. The molecule has 0 spiro atoms. The number of para-hydroxylation sites is 1. The van der Waals surface area contributed by atoms with Crippen molar-refractivity contribution in [1.82, 2.24) is 10.2 Å². The van der Waals surface area contributed by atoms with E-state index in [0.29, 0.717) is 49.5 Å². The Kier molecular flexibility index (Phi) is 7.43. The molecule has 0 aromatic heterocycles. The maximum atomic E-state index is 13.0. The lowest BCUT2D eigenvalue weighted by Gasteiger charge is -2.34. The van der Waals surface area contributed by atoms with Crippen LogP contribution in [0.5, 0.6) is 11.5 Å². The third-order valence-electron chi connectivity index (χ3n) is 6.65. The molecular weight excluding hydrogens is 440 g/mol. The Hall–Kier alpha value is -2.73. The van der Waals surface area contributed by atoms with Gasteiger partial charge in [-0.05, 0) is 49.1 Å². The van der Waals surface area contributed by atoms with Crippen LogP contribution in [0.4, 0.5) is 0 Å². The molecule has 7 heteroatoms. The molecule has 176 valence electrons. The van der Waals surface area contributed by atoms with Gasteiger partial charge in [-0.3, -0.25) is 9.59 Å². The lowest BCUT2D eigenvalue weighted by atomic mass is 9.84. The summed E-state index contributed by atoms with van der Waals surface area (Å²) in [5.74, 6) is 1.69. The van der Waals surface area contributed by atoms with E-state index in [4.69, 9.17) is 21.1 Å². The standard InChI is InChI=1S/C26H31ClN2O4/c1-32-21-6-4-5-19(17-21)18-26(13-9-24(30)28-26)14-10-25(31)29-15-11-20(12-16-29)33-23-8-3-2-7-22(23)27/h2-8,17,20H,9-16,18H2,1H3,(H,28,30). The molecule has 2 aliphatic rings. The predicted octanol–water partition coefficient (Wildman–Crippen LogP) is 4.39. The molecule has 1 N–H and O–H groups in total. The highest BCUT2D eigenvalue weighted by Crippen LogP contribution is 2.31. The largest absolute Gasteiger partial charge is 0.497 e. The number of hydrogen-bond donors (Lipinski definition) is 1. The minimum atomic E-state index is -0.384. The first-order chi connectivity index (χ1) is 16.0. The zero-order chi connectivity index (χ0) is 23.3. The van der Waals surface area contributed by atoms with Crippen LogP contribution in [0.3, 0.4) is 0 Å². The van der Waals surface area contributed by atoms with Crippen LogP contribution in [0.25, 0.3) is 0 Å². The minimum absolute atomic E-state index is 0.0578. The number of amides is 2. The second-order valence-corrected chi connectivity index (χ2v) is 9.39. The fraction of sp³-hybridized carbons (Fsp3) is 0.462. The molecule has 33 heavy (non-hydrogen) atoms. The van der Waals surface area contributed by atoms with Crippen LogP contribution in [0.15, 0.2) is 48.5 Å². The number of likely N-dealkylation sites (tertiary alicyclic amines) is 1. The van der Waals surface area contributed by atoms with Crippen LogP contribution >= 0.6 is 11.6 Å². The van der Waals surface area contributed by atoms with Gasteiger partial charge in [0.2, 0.25) is 11.8 Å². The van der Waals surface area contributed by atoms with Gasteiger partial charge in [-0.2, -0.15) is 0 Å². The van der Waals surface area contributed by atoms with Gasteiger partial charge in [-0.25, -0.2) is 0 Å². The van der Waals surface area contributed by atoms with Crippen LogP contribution in [0, 0.1) is 0 Å². The normalized spacial score (nSPS) is 21.0. The number of nitrogens with zero attached hydrogens (tertiary/aromatic N) is 1. The van der Waals surface area contributed by atoms with E-state index < -0.39 is 0 Å². The number of hydrogen-bond acceptors (Lipinski definition) is 4. The average Bonchev–Trinajstić information content (AvgIpc) is 3.20. The molecule has 2 heterocycles. The number of carbonyl (C=O) groups excluding carboxylic acids is 2. The monoisotopic (exact) mass is 470 g/mol. The molecule has 2 aromatic carbocycles. The summed E-state index contributed by atoms with van der Waals surface area (Å²) in [6.45, 7) is 1.34. The van der Waals surface area contributed by atoms with Crippen molar-refractivity contribution in [3.05, 3.63) is 59.1 Å². The van der Waals surface area contributed by atoms with E-state index in [1.54, 1.807) is 7.11 Å². The molecular formula is C26H31ClN2O4. The molecule has 2 fully saturated rings. The molecule has 2 saturated heterocycles. The van der Waals surface area contributed by atoms with Gasteiger partial charge in [-0.15, -0.1) is 0 Å². The topological polar surface area (TPSA) is 67.9 Å². The minimum Gasteiger partial charge on any atom is -0.497 e. The average molecular weight is 471 g/mol. The van der Waals surface area contributed by atoms with Gasteiger partial charge in [-0.1, -0.05) is 35.9 Å². The summed E-state index contributed by atoms with van der Waals surface area (Å²) in [5.41, 5.74) is 0.714. The van der Waals surface area contributed by atoms with Crippen LogP contribution in [0.2, 0.25) is 5.02 Å². The molecule has 2 aliphatic heterocycles. The summed E-state index contributed by atoms with van der Waals surface area (Å²) in [6.07, 6.45) is 4.60. The van der Waals surface area contributed by atoms with Crippen molar-refractivity contribution in [2.75, 3.05) is 20.2 Å². The fourth-order valence-corrected chi connectivity index (χ4v) is 4.98. The van der Waals surface area contributed by atoms with E-state index >= 15 is 0 Å². The van der Waals surface area contributed by atoms with Gasteiger partial charge in [0.15, 0.2) is 0 Å². The summed E-state index contributed by atoms with van der Waals surface area (Å²) < 4.78 is 11.4. The van der Waals surface area contributed by atoms with Gasteiger partial charge in [0.25, 0.3) is 0 Å². The highest BCUT2D eigenvalue weighted by atomic mass is 35.5. The highest BCUT2D eigenvalue weighted by molar-refractivity contribution is 6.32. The number of halogens is 1. The quantitative estimate of drug-likeness (QED) is 0.621.